The summed E-state index contributed by atoms with van der Waals surface area (Å²) in [4.78, 5) is 3.96. The summed E-state index contributed by atoms with van der Waals surface area (Å²) in [6.07, 6.45) is 4.67. The third kappa shape index (κ3) is 2.06. The third-order valence-electron chi connectivity index (χ3n) is 2.25. The topological polar surface area (TPSA) is 68.1 Å². The van der Waals surface area contributed by atoms with Crippen LogP contribution in [0.5, 0.6) is 0 Å². The highest BCUT2D eigenvalue weighted by Crippen LogP contribution is 2.19. The minimum absolute atomic E-state index is 0.492. The average Bonchev–Trinajstić information content (AvgIpc) is 2.79. The molecule has 0 unspecified atom stereocenters. The average molecular weight is 252 g/mol. The van der Waals surface area contributed by atoms with Crippen LogP contribution in [-0.2, 0) is 10.2 Å². The van der Waals surface area contributed by atoms with Gasteiger partial charge in [0.2, 0.25) is 0 Å². The predicted molar refractivity (Wildman–Crippen MR) is 63.5 cm³/mol. The maximum atomic E-state index is 12.0. The highest BCUT2D eigenvalue weighted by atomic mass is 32.2. The summed E-state index contributed by atoms with van der Waals surface area (Å²) in [5.41, 5.74) is 1.20. The van der Waals surface area contributed by atoms with E-state index < -0.39 is 10.2 Å². The van der Waals surface area contributed by atoms with Crippen molar-refractivity contribution in [1.29, 1.82) is 0 Å². The van der Waals surface area contributed by atoms with Gasteiger partial charge in [0.15, 0.2) is 0 Å². The molecule has 0 saturated heterocycles. The Morgan fingerprint density at radius 2 is 2.00 bits per heavy atom. The standard InChI is InChI=1S/C10H12N4O2S/c1-13(2)17(15,16)14-10(5-7-12-14)9-4-3-6-11-8-9/h3-8H,1-2H3. The molecule has 0 aromatic carbocycles. The zero-order chi connectivity index (χ0) is 12.5. The summed E-state index contributed by atoms with van der Waals surface area (Å²) in [6, 6.07) is 5.17. The first-order valence-corrected chi connectivity index (χ1v) is 6.30. The molecule has 2 heterocycles. The van der Waals surface area contributed by atoms with Crippen molar-refractivity contribution < 1.29 is 8.42 Å². The van der Waals surface area contributed by atoms with Gasteiger partial charge in [0.25, 0.3) is 0 Å². The van der Waals surface area contributed by atoms with Gasteiger partial charge in [-0.05, 0) is 18.2 Å². The lowest BCUT2D eigenvalue weighted by Gasteiger charge is -2.13. The summed E-state index contributed by atoms with van der Waals surface area (Å²) in [6.45, 7) is 0. The van der Waals surface area contributed by atoms with E-state index in [4.69, 9.17) is 0 Å². The quantitative estimate of drug-likeness (QED) is 0.802. The highest BCUT2D eigenvalue weighted by Gasteiger charge is 2.21. The van der Waals surface area contributed by atoms with Crippen LogP contribution < -0.4 is 0 Å². The zero-order valence-corrected chi connectivity index (χ0v) is 10.3. The minimum Gasteiger partial charge on any atom is -0.264 e. The van der Waals surface area contributed by atoms with E-state index in [0.717, 1.165) is 8.39 Å². The Morgan fingerprint density at radius 3 is 2.59 bits per heavy atom. The molecule has 6 nitrogen and oxygen atoms in total. The molecule has 0 atom stereocenters. The van der Waals surface area contributed by atoms with Crippen LogP contribution in [0.1, 0.15) is 0 Å². The lowest BCUT2D eigenvalue weighted by atomic mass is 10.2. The van der Waals surface area contributed by atoms with E-state index in [1.165, 1.54) is 20.3 Å². The number of nitrogens with zero attached hydrogens (tertiary/aromatic N) is 4. The van der Waals surface area contributed by atoms with Crippen LogP contribution in [-0.4, -0.2) is 41.0 Å². The van der Waals surface area contributed by atoms with Gasteiger partial charge in [0.1, 0.15) is 0 Å². The van der Waals surface area contributed by atoms with Crippen molar-refractivity contribution in [1.82, 2.24) is 18.5 Å². The van der Waals surface area contributed by atoms with Gasteiger partial charge in [-0.1, -0.05) is 0 Å². The Morgan fingerprint density at radius 1 is 1.24 bits per heavy atom. The van der Waals surface area contributed by atoms with Crippen molar-refractivity contribution in [2.45, 2.75) is 0 Å². The first-order valence-electron chi connectivity index (χ1n) is 4.91. The second-order valence-electron chi connectivity index (χ2n) is 3.59. The molecule has 2 aromatic rings. The van der Waals surface area contributed by atoms with E-state index in [-0.39, 0.29) is 0 Å². The van der Waals surface area contributed by atoms with E-state index in [1.807, 2.05) is 0 Å². The van der Waals surface area contributed by atoms with Crippen molar-refractivity contribution in [3.63, 3.8) is 0 Å². The molecule has 0 spiro atoms. The van der Waals surface area contributed by atoms with E-state index in [2.05, 4.69) is 10.1 Å². The van der Waals surface area contributed by atoms with Crippen LogP contribution in [0, 0.1) is 0 Å². The van der Waals surface area contributed by atoms with Crippen LogP contribution >= 0.6 is 0 Å². The predicted octanol–water partition coefficient (Wildman–Crippen LogP) is 0.600. The molecule has 0 radical (unpaired) electrons. The Bertz CT molecular complexity index is 604. The first-order chi connectivity index (χ1) is 8.03. The van der Waals surface area contributed by atoms with Crippen LogP contribution in [0.2, 0.25) is 0 Å². The number of hydrogen-bond donors (Lipinski definition) is 0. The summed E-state index contributed by atoms with van der Waals surface area (Å²) in [5, 5.41) is 3.84. The maximum absolute atomic E-state index is 12.0. The van der Waals surface area contributed by atoms with Crippen LogP contribution in [0.15, 0.2) is 36.8 Å². The Balaban J connectivity index is 2.58. The lowest BCUT2D eigenvalue weighted by Crippen LogP contribution is -2.30. The molecule has 0 aliphatic heterocycles. The normalized spacial score (nSPS) is 11.9. The second kappa shape index (κ2) is 4.27. The molecule has 0 saturated carbocycles. The summed E-state index contributed by atoms with van der Waals surface area (Å²) in [7, 11) is -0.677. The molecule has 90 valence electrons. The van der Waals surface area contributed by atoms with E-state index in [1.54, 1.807) is 30.6 Å². The number of rotatable bonds is 3. The Kier molecular flexibility index (Phi) is 2.95. The number of pyridine rings is 1. The van der Waals surface area contributed by atoms with Gasteiger partial charge in [-0.15, -0.1) is 4.09 Å². The van der Waals surface area contributed by atoms with Crippen molar-refractivity contribution in [2.24, 2.45) is 0 Å². The number of hydrogen-bond acceptors (Lipinski definition) is 4. The van der Waals surface area contributed by atoms with Gasteiger partial charge < -0.3 is 0 Å². The second-order valence-corrected chi connectivity index (χ2v) is 5.56. The van der Waals surface area contributed by atoms with Gasteiger partial charge in [-0.25, -0.2) is 0 Å². The first kappa shape index (κ1) is 11.7. The van der Waals surface area contributed by atoms with Crippen LogP contribution in [0.25, 0.3) is 11.3 Å². The van der Waals surface area contributed by atoms with Crippen LogP contribution in [0.4, 0.5) is 0 Å². The van der Waals surface area contributed by atoms with Crippen molar-refractivity contribution in [3.8, 4) is 11.3 Å². The lowest BCUT2D eigenvalue weighted by molar-refractivity contribution is 0.504. The Labute approximate surface area is 99.7 Å². The SMILES string of the molecule is CN(C)S(=O)(=O)n1nccc1-c1cccnc1. The van der Waals surface area contributed by atoms with Gasteiger partial charge in [0, 0.05) is 32.1 Å². The highest BCUT2D eigenvalue weighted by molar-refractivity contribution is 7.87. The summed E-state index contributed by atoms with van der Waals surface area (Å²) >= 11 is 0. The largest absolute Gasteiger partial charge is 0.322 e. The molecule has 0 N–H and O–H groups in total. The molecule has 7 heteroatoms. The Hall–Kier alpha value is -1.73. The fourth-order valence-corrected chi connectivity index (χ4v) is 2.25. The van der Waals surface area contributed by atoms with Gasteiger partial charge in [-0.3, -0.25) is 4.98 Å². The monoisotopic (exact) mass is 252 g/mol. The molecule has 2 aromatic heterocycles. The minimum atomic E-state index is -3.60. The zero-order valence-electron chi connectivity index (χ0n) is 9.48. The smallest absolute Gasteiger partial charge is 0.264 e. The van der Waals surface area contributed by atoms with Crippen LogP contribution in [0.3, 0.4) is 0 Å². The summed E-state index contributed by atoms with van der Waals surface area (Å²) in [5.74, 6) is 0. The van der Waals surface area contributed by atoms with Crippen molar-refractivity contribution >= 4 is 10.2 Å². The van der Waals surface area contributed by atoms with Gasteiger partial charge in [0.05, 0.1) is 11.9 Å². The molecule has 2 rings (SSSR count). The van der Waals surface area contributed by atoms with E-state index in [9.17, 15) is 8.42 Å². The molecule has 0 amide bonds. The third-order valence-corrected chi connectivity index (χ3v) is 3.90. The molecule has 17 heavy (non-hydrogen) atoms. The molecular formula is C10H12N4O2S. The fourth-order valence-electron chi connectivity index (χ4n) is 1.35. The molecule has 0 aliphatic rings. The molecule has 0 fully saturated rings. The van der Waals surface area contributed by atoms with Gasteiger partial charge >= 0.3 is 10.2 Å². The van der Waals surface area contributed by atoms with Crippen molar-refractivity contribution in [3.05, 3.63) is 36.8 Å². The summed E-state index contributed by atoms with van der Waals surface area (Å²) < 4.78 is 26.1. The fraction of sp³-hybridized carbons (Fsp3) is 0.200. The van der Waals surface area contributed by atoms with E-state index in [0.29, 0.717) is 11.3 Å². The van der Waals surface area contributed by atoms with E-state index >= 15 is 0 Å². The number of aromatic nitrogens is 3. The molecule has 0 bridgehead atoms. The molecular weight excluding hydrogens is 240 g/mol. The van der Waals surface area contributed by atoms with Crippen molar-refractivity contribution in [2.75, 3.05) is 14.1 Å². The maximum Gasteiger partial charge on any atom is 0.322 e. The van der Waals surface area contributed by atoms with Gasteiger partial charge in [-0.2, -0.15) is 17.8 Å². The molecule has 0 aliphatic carbocycles.